The molecule has 3 heterocycles. The van der Waals surface area contributed by atoms with E-state index in [0.717, 1.165) is 25.8 Å². The molecule has 1 aromatic heterocycles. The third kappa shape index (κ3) is 6.38. The van der Waals surface area contributed by atoms with Gasteiger partial charge in [-0.15, -0.1) is 0 Å². The molecule has 1 fully saturated rings. The van der Waals surface area contributed by atoms with Crippen LogP contribution in [0.2, 0.25) is 0 Å². The molecule has 1 saturated heterocycles. The van der Waals surface area contributed by atoms with Crippen LogP contribution in [0.1, 0.15) is 61.0 Å². The summed E-state index contributed by atoms with van der Waals surface area (Å²) in [4.78, 5) is 30.8. The largest absolute Gasteiger partial charge is 0.477 e. The number of Topliss-reactive ketones (excluding diaryl/α,β-unsaturated/α-hetero) is 1. The number of benzene rings is 1. The predicted octanol–water partition coefficient (Wildman–Crippen LogP) is 2.91. The van der Waals surface area contributed by atoms with Gasteiger partial charge in [-0.05, 0) is 37.0 Å². The molecule has 0 saturated carbocycles. The molecule has 4 rings (SSSR count). The fourth-order valence-electron chi connectivity index (χ4n) is 4.77. The first-order chi connectivity index (χ1) is 16.9. The lowest BCUT2D eigenvalue weighted by Gasteiger charge is -2.31. The number of aliphatic hydroxyl groups is 1. The maximum Gasteiger partial charge on any atom is 0.227 e. The van der Waals surface area contributed by atoms with Crippen LogP contribution in [0.25, 0.3) is 0 Å². The molecular formula is C27H35N3O5. The summed E-state index contributed by atoms with van der Waals surface area (Å²) in [6, 6.07) is 11.5. The minimum Gasteiger partial charge on any atom is -0.477 e. The summed E-state index contributed by atoms with van der Waals surface area (Å²) < 4.78 is 11.7. The van der Waals surface area contributed by atoms with Crippen molar-refractivity contribution in [2.24, 2.45) is 0 Å². The van der Waals surface area contributed by atoms with Gasteiger partial charge in [0.15, 0.2) is 5.78 Å². The van der Waals surface area contributed by atoms with Crippen molar-refractivity contribution in [3.05, 3.63) is 53.1 Å². The van der Waals surface area contributed by atoms with Gasteiger partial charge in [0.2, 0.25) is 17.7 Å². The number of amides is 1. The van der Waals surface area contributed by atoms with Crippen molar-refractivity contribution < 1.29 is 24.2 Å². The van der Waals surface area contributed by atoms with E-state index in [1.807, 2.05) is 24.0 Å². The molecule has 0 unspecified atom stereocenters. The fraction of sp³-hybridized carbons (Fsp3) is 0.519. The Morgan fingerprint density at radius 1 is 1.17 bits per heavy atom. The zero-order chi connectivity index (χ0) is 24.8. The van der Waals surface area contributed by atoms with Gasteiger partial charge in [-0.1, -0.05) is 24.3 Å². The van der Waals surface area contributed by atoms with Crippen LogP contribution >= 0.6 is 0 Å². The quantitative estimate of drug-likeness (QED) is 0.531. The van der Waals surface area contributed by atoms with E-state index in [9.17, 15) is 14.7 Å². The van der Waals surface area contributed by atoms with E-state index in [4.69, 9.17) is 9.47 Å². The Balaban J connectivity index is 1.33. The van der Waals surface area contributed by atoms with Gasteiger partial charge in [0, 0.05) is 57.9 Å². The van der Waals surface area contributed by atoms with Gasteiger partial charge in [-0.3, -0.25) is 9.59 Å². The first-order valence-electron chi connectivity index (χ1n) is 12.5. The molecule has 0 bridgehead atoms. The average Bonchev–Trinajstić information content (AvgIpc) is 2.87. The van der Waals surface area contributed by atoms with E-state index in [2.05, 4.69) is 22.4 Å². The summed E-state index contributed by atoms with van der Waals surface area (Å²) in [5.74, 6) is 0.640. The van der Waals surface area contributed by atoms with Gasteiger partial charge in [-0.2, -0.15) is 4.98 Å². The molecule has 0 spiro atoms. The molecule has 0 aliphatic carbocycles. The van der Waals surface area contributed by atoms with Gasteiger partial charge in [0.1, 0.15) is 6.10 Å². The lowest BCUT2D eigenvalue weighted by molar-refractivity contribution is -0.130. The van der Waals surface area contributed by atoms with E-state index < -0.39 is 6.10 Å². The molecule has 1 amide bonds. The second-order valence-corrected chi connectivity index (χ2v) is 9.25. The lowest BCUT2D eigenvalue weighted by atomic mass is 9.91. The smallest absolute Gasteiger partial charge is 0.227 e. The molecule has 8 heteroatoms. The zero-order valence-electron chi connectivity index (χ0n) is 20.5. The molecule has 0 radical (unpaired) electrons. The van der Waals surface area contributed by atoms with Crippen LogP contribution in [0.3, 0.4) is 0 Å². The van der Waals surface area contributed by atoms with Gasteiger partial charge in [-0.25, -0.2) is 0 Å². The standard InChI is InChI=1S/C27H35N3O5/c1-3-34-27-22(8-11-26(29-27)35-21-12-14-30(15-13-21)18(2)31)24(32)9-10-25(33)23-16-19-6-4-5-7-20(19)17-28-23/h4-8,11,21,23,25,28,33H,3,9-10,12-17H2,1-2H3/t23-,25+/m0/s1. The van der Waals surface area contributed by atoms with Crippen molar-refractivity contribution in [2.45, 2.75) is 70.7 Å². The Bertz CT molecular complexity index is 1040. The first-order valence-corrected chi connectivity index (χ1v) is 12.5. The second kappa shape index (κ2) is 11.6. The molecular weight excluding hydrogens is 446 g/mol. The monoisotopic (exact) mass is 481 g/mol. The Labute approximate surface area is 206 Å². The highest BCUT2D eigenvalue weighted by Crippen LogP contribution is 2.26. The fourth-order valence-corrected chi connectivity index (χ4v) is 4.77. The molecule has 2 aliphatic rings. The minimum absolute atomic E-state index is 0.0302. The van der Waals surface area contributed by atoms with Gasteiger partial charge >= 0.3 is 0 Å². The van der Waals surface area contributed by atoms with Crippen molar-refractivity contribution >= 4 is 11.7 Å². The van der Waals surface area contributed by atoms with E-state index in [1.54, 1.807) is 19.1 Å². The van der Waals surface area contributed by atoms with Crippen LogP contribution in [0.15, 0.2) is 36.4 Å². The summed E-state index contributed by atoms with van der Waals surface area (Å²) >= 11 is 0. The summed E-state index contributed by atoms with van der Waals surface area (Å²) in [5, 5.41) is 14.1. The van der Waals surface area contributed by atoms with Crippen LogP contribution in [-0.4, -0.2) is 64.6 Å². The van der Waals surface area contributed by atoms with Crippen molar-refractivity contribution in [3.63, 3.8) is 0 Å². The third-order valence-corrected chi connectivity index (χ3v) is 6.84. The van der Waals surface area contributed by atoms with Gasteiger partial charge in [0.25, 0.3) is 0 Å². The number of carbonyl (C=O) groups is 2. The number of fused-ring (bicyclic) bond motifs is 1. The SMILES string of the molecule is CCOc1nc(OC2CCN(C(C)=O)CC2)ccc1C(=O)CC[C@@H](O)[C@@H]1Cc2ccccc2CN1. The molecule has 1 aromatic carbocycles. The topological polar surface area (TPSA) is 101 Å². The average molecular weight is 482 g/mol. The van der Waals surface area contributed by atoms with E-state index in [1.165, 1.54) is 11.1 Å². The number of hydrogen-bond acceptors (Lipinski definition) is 7. The number of aliphatic hydroxyl groups excluding tert-OH is 1. The van der Waals surface area contributed by atoms with E-state index in [-0.39, 0.29) is 36.1 Å². The maximum atomic E-state index is 13.0. The third-order valence-electron chi connectivity index (χ3n) is 6.84. The maximum absolute atomic E-state index is 13.0. The van der Waals surface area contributed by atoms with E-state index >= 15 is 0 Å². The molecule has 8 nitrogen and oxygen atoms in total. The molecule has 2 atom stereocenters. The van der Waals surface area contributed by atoms with Crippen LogP contribution < -0.4 is 14.8 Å². The van der Waals surface area contributed by atoms with E-state index in [0.29, 0.717) is 37.6 Å². The van der Waals surface area contributed by atoms with Crippen LogP contribution in [-0.2, 0) is 17.8 Å². The summed E-state index contributed by atoms with van der Waals surface area (Å²) in [7, 11) is 0. The lowest BCUT2D eigenvalue weighted by Crippen LogP contribution is -2.44. The van der Waals surface area contributed by atoms with Crippen LogP contribution in [0.4, 0.5) is 0 Å². The van der Waals surface area contributed by atoms with Crippen molar-refractivity contribution in [1.29, 1.82) is 0 Å². The van der Waals surface area contributed by atoms with Crippen molar-refractivity contribution in [2.75, 3.05) is 19.7 Å². The number of ketones is 1. The summed E-state index contributed by atoms with van der Waals surface area (Å²) in [5.41, 5.74) is 2.90. The molecule has 35 heavy (non-hydrogen) atoms. The number of nitrogens with one attached hydrogen (secondary N) is 1. The summed E-state index contributed by atoms with van der Waals surface area (Å²) in [6.45, 7) is 5.85. The minimum atomic E-state index is -0.626. The second-order valence-electron chi connectivity index (χ2n) is 9.25. The normalized spacial score (nSPS) is 19.1. The van der Waals surface area contributed by atoms with Crippen LogP contribution in [0.5, 0.6) is 11.8 Å². The van der Waals surface area contributed by atoms with Gasteiger partial charge in [0.05, 0.1) is 18.3 Å². The number of piperidine rings is 1. The zero-order valence-corrected chi connectivity index (χ0v) is 20.5. The summed E-state index contributed by atoms with van der Waals surface area (Å²) in [6.07, 6.45) is 2.13. The molecule has 2 aromatic rings. The molecule has 188 valence electrons. The number of nitrogens with zero attached hydrogens (tertiary/aromatic N) is 2. The van der Waals surface area contributed by atoms with Crippen LogP contribution in [0, 0.1) is 0 Å². The number of carbonyl (C=O) groups excluding carboxylic acids is 2. The Morgan fingerprint density at radius 3 is 2.63 bits per heavy atom. The Kier molecular flexibility index (Phi) is 8.36. The molecule has 2 aliphatic heterocycles. The highest BCUT2D eigenvalue weighted by molar-refractivity contribution is 5.98. The predicted molar refractivity (Wildman–Crippen MR) is 132 cm³/mol. The Morgan fingerprint density at radius 2 is 1.91 bits per heavy atom. The highest BCUT2D eigenvalue weighted by Gasteiger charge is 2.26. The van der Waals surface area contributed by atoms with Gasteiger partial charge < -0.3 is 24.8 Å². The number of likely N-dealkylation sites (tertiary alicyclic amines) is 1. The first kappa shape index (κ1) is 25.1. The van der Waals surface area contributed by atoms with Crippen molar-refractivity contribution in [3.8, 4) is 11.8 Å². The highest BCUT2D eigenvalue weighted by atomic mass is 16.5. The number of hydrogen-bond donors (Lipinski definition) is 2. The number of pyridine rings is 1. The number of aromatic nitrogens is 1. The Hall–Kier alpha value is -2.97. The number of rotatable bonds is 9. The molecule has 2 N–H and O–H groups in total. The van der Waals surface area contributed by atoms with Crippen molar-refractivity contribution in [1.82, 2.24) is 15.2 Å². The number of ether oxygens (including phenoxy) is 2.